The predicted molar refractivity (Wildman–Crippen MR) is 69.9 cm³/mol. The molecule has 0 aromatic rings. The summed E-state index contributed by atoms with van der Waals surface area (Å²) in [6.45, 7) is 4.85. The Balaban J connectivity index is 2.72. The maximum absolute atomic E-state index is 12.2. The van der Waals surface area contributed by atoms with Crippen molar-refractivity contribution in [2.24, 2.45) is 5.92 Å². The minimum atomic E-state index is -3.21. The Labute approximate surface area is 109 Å². The van der Waals surface area contributed by atoms with Crippen LogP contribution in [0, 0.1) is 5.92 Å². The Bertz CT molecular complexity index is 347. The van der Waals surface area contributed by atoms with Gasteiger partial charge >= 0.3 is 0 Å². The normalized spacial score (nSPS) is 29.2. The van der Waals surface area contributed by atoms with Crippen LogP contribution in [0.3, 0.4) is 0 Å². The number of halogens is 1. The number of hydrogen-bond acceptors (Lipinski definition) is 3. The minimum Gasteiger partial charge on any atom is -0.377 e. The van der Waals surface area contributed by atoms with Crippen LogP contribution in [-0.4, -0.2) is 50.2 Å². The Hall–Kier alpha value is 0.160. The molecule has 1 saturated heterocycles. The second-order valence-electron chi connectivity index (χ2n) is 5.13. The van der Waals surface area contributed by atoms with Gasteiger partial charge in [-0.05, 0) is 25.7 Å². The molecule has 2 atom stereocenters. The second-order valence-corrected chi connectivity index (χ2v) is 7.45. The van der Waals surface area contributed by atoms with Crippen LogP contribution in [0.15, 0.2) is 0 Å². The molecule has 17 heavy (non-hydrogen) atoms. The number of nitrogens with zero attached hydrogens (tertiary/aromatic N) is 1. The minimum absolute atomic E-state index is 0.0163. The summed E-state index contributed by atoms with van der Waals surface area (Å²) in [4.78, 5) is 0. The number of piperidine rings is 1. The van der Waals surface area contributed by atoms with Gasteiger partial charge in [0.1, 0.15) is 0 Å². The monoisotopic (exact) mass is 283 g/mol. The molecule has 0 bridgehead atoms. The summed E-state index contributed by atoms with van der Waals surface area (Å²) in [6, 6.07) is 0. The topological polar surface area (TPSA) is 46.6 Å². The lowest BCUT2D eigenvalue weighted by Gasteiger charge is -2.38. The van der Waals surface area contributed by atoms with Crippen LogP contribution in [0.2, 0.25) is 0 Å². The Morgan fingerprint density at radius 1 is 1.53 bits per heavy atom. The number of rotatable bonds is 5. The third-order valence-electron chi connectivity index (χ3n) is 3.27. The van der Waals surface area contributed by atoms with Gasteiger partial charge in [-0.3, -0.25) is 0 Å². The molecule has 0 saturated carbocycles. The summed E-state index contributed by atoms with van der Waals surface area (Å²) in [6.07, 6.45) is 1.75. The van der Waals surface area contributed by atoms with E-state index in [1.807, 2.05) is 13.8 Å². The molecule has 1 rings (SSSR count). The molecule has 4 nitrogen and oxygen atoms in total. The van der Waals surface area contributed by atoms with Gasteiger partial charge in [-0.2, -0.15) is 4.31 Å². The molecule has 102 valence electrons. The molecule has 0 aliphatic carbocycles. The summed E-state index contributed by atoms with van der Waals surface area (Å²) >= 11 is 5.67. The first-order valence-corrected chi connectivity index (χ1v) is 8.06. The maximum atomic E-state index is 12.2. The van der Waals surface area contributed by atoms with Gasteiger partial charge in [0.2, 0.25) is 10.0 Å². The highest BCUT2D eigenvalue weighted by molar-refractivity contribution is 7.89. The van der Waals surface area contributed by atoms with Gasteiger partial charge in [0.25, 0.3) is 0 Å². The smallest absolute Gasteiger partial charge is 0.214 e. The van der Waals surface area contributed by atoms with Crippen molar-refractivity contribution in [1.29, 1.82) is 0 Å². The fraction of sp³-hybridized carbons (Fsp3) is 1.00. The van der Waals surface area contributed by atoms with Crippen molar-refractivity contribution >= 4 is 21.6 Å². The molecule has 0 N–H and O–H groups in total. The van der Waals surface area contributed by atoms with E-state index in [-0.39, 0.29) is 17.3 Å². The molecule has 1 fully saturated rings. The Kier molecular flexibility index (Phi) is 5.25. The lowest BCUT2D eigenvalue weighted by atomic mass is 9.96. The summed E-state index contributed by atoms with van der Waals surface area (Å²) in [7, 11) is -1.57. The standard InChI is InChI=1S/C11H22ClNO3S/c1-10(7-12)8-17(14,15)13-6-4-5-11(2,9-13)16-3/h10H,4-9H2,1-3H3. The van der Waals surface area contributed by atoms with E-state index >= 15 is 0 Å². The first-order valence-electron chi connectivity index (χ1n) is 5.92. The summed E-state index contributed by atoms with van der Waals surface area (Å²) in [5.41, 5.74) is -0.352. The van der Waals surface area contributed by atoms with E-state index in [0.29, 0.717) is 19.0 Å². The molecule has 2 unspecified atom stereocenters. The lowest BCUT2D eigenvalue weighted by Crippen LogP contribution is -2.50. The van der Waals surface area contributed by atoms with E-state index in [2.05, 4.69) is 0 Å². The highest BCUT2D eigenvalue weighted by atomic mass is 35.5. The fourth-order valence-corrected chi connectivity index (χ4v) is 4.24. The van der Waals surface area contributed by atoms with Crippen molar-refractivity contribution in [3.05, 3.63) is 0 Å². The van der Waals surface area contributed by atoms with Crippen molar-refractivity contribution in [1.82, 2.24) is 4.31 Å². The molecule has 0 radical (unpaired) electrons. The molecule has 6 heteroatoms. The van der Waals surface area contributed by atoms with Crippen LogP contribution < -0.4 is 0 Å². The quantitative estimate of drug-likeness (QED) is 0.722. The molecule has 1 heterocycles. The largest absolute Gasteiger partial charge is 0.377 e. The number of sulfonamides is 1. The van der Waals surface area contributed by atoms with Gasteiger partial charge in [-0.25, -0.2) is 8.42 Å². The van der Waals surface area contributed by atoms with Crippen LogP contribution >= 0.6 is 11.6 Å². The van der Waals surface area contributed by atoms with Gasteiger partial charge in [-0.1, -0.05) is 6.92 Å². The molecular weight excluding hydrogens is 262 g/mol. The van der Waals surface area contributed by atoms with Crippen molar-refractivity contribution in [2.45, 2.75) is 32.3 Å². The second kappa shape index (κ2) is 5.87. The summed E-state index contributed by atoms with van der Waals surface area (Å²) in [5.74, 6) is 0.475. The third kappa shape index (κ3) is 4.09. The fourth-order valence-electron chi connectivity index (χ4n) is 2.07. The third-order valence-corrected chi connectivity index (χ3v) is 5.88. The van der Waals surface area contributed by atoms with Gasteiger partial charge in [0.05, 0.1) is 11.4 Å². The lowest BCUT2D eigenvalue weighted by molar-refractivity contribution is -0.0319. The van der Waals surface area contributed by atoms with Gasteiger partial charge < -0.3 is 4.74 Å². The number of ether oxygens (including phenoxy) is 1. The first-order chi connectivity index (χ1) is 7.83. The average Bonchev–Trinajstić information content (AvgIpc) is 2.28. The van der Waals surface area contributed by atoms with E-state index in [0.717, 1.165) is 12.8 Å². The van der Waals surface area contributed by atoms with Crippen molar-refractivity contribution < 1.29 is 13.2 Å². The zero-order chi connectivity index (χ0) is 13.1. The Morgan fingerprint density at radius 3 is 2.71 bits per heavy atom. The molecule has 0 amide bonds. The van der Waals surface area contributed by atoms with Crippen molar-refractivity contribution in [3.8, 4) is 0 Å². The molecule has 1 aliphatic rings. The molecule has 0 aromatic carbocycles. The maximum Gasteiger partial charge on any atom is 0.214 e. The highest BCUT2D eigenvalue weighted by Crippen LogP contribution is 2.26. The first kappa shape index (κ1) is 15.2. The summed E-state index contributed by atoms with van der Waals surface area (Å²) < 4.78 is 31.3. The van der Waals surface area contributed by atoms with Crippen molar-refractivity contribution in [3.63, 3.8) is 0 Å². The zero-order valence-corrected chi connectivity index (χ0v) is 12.4. The van der Waals surface area contributed by atoms with E-state index < -0.39 is 10.0 Å². The molecule has 0 aromatic heterocycles. The zero-order valence-electron chi connectivity index (χ0n) is 10.8. The van der Waals surface area contributed by atoms with E-state index in [1.54, 1.807) is 11.4 Å². The van der Waals surface area contributed by atoms with Crippen LogP contribution in [-0.2, 0) is 14.8 Å². The molecule has 1 aliphatic heterocycles. The van der Waals surface area contributed by atoms with E-state index in [4.69, 9.17) is 16.3 Å². The van der Waals surface area contributed by atoms with Crippen LogP contribution in [0.25, 0.3) is 0 Å². The predicted octanol–water partition coefficient (Wildman–Crippen LogP) is 1.69. The highest BCUT2D eigenvalue weighted by Gasteiger charge is 2.36. The molecule has 0 spiro atoms. The van der Waals surface area contributed by atoms with E-state index in [9.17, 15) is 8.42 Å². The molecular formula is C11H22ClNO3S. The average molecular weight is 284 g/mol. The van der Waals surface area contributed by atoms with Crippen molar-refractivity contribution in [2.75, 3.05) is 31.8 Å². The van der Waals surface area contributed by atoms with Gasteiger partial charge in [0.15, 0.2) is 0 Å². The van der Waals surface area contributed by atoms with E-state index in [1.165, 1.54) is 0 Å². The summed E-state index contributed by atoms with van der Waals surface area (Å²) in [5, 5.41) is 0. The number of alkyl halides is 1. The SMILES string of the molecule is COC1(C)CCCN(S(=O)(=O)CC(C)CCl)C1. The van der Waals surface area contributed by atoms with Crippen LogP contribution in [0.1, 0.15) is 26.7 Å². The van der Waals surface area contributed by atoms with Gasteiger partial charge in [-0.15, -0.1) is 11.6 Å². The number of methoxy groups -OCH3 is 1. The van der Waals surface area contributed by atoms with Crippen LogP contribution in [0.5, 0.6) is 0 Å². The van der Waals surface area contributed by atoms with Crippen LogP contribution in [0.4, 0.5) is 0 Å². The van der Waals surface area contributed by atoms with Gasteiger partial charge in [0, 0.05) is 26.1 Å². The Morgan fingerprint density at radius 2 is 2.18 bits per heavy atom. The number of hydrogen-bond donors (Lipinski definition) is 0.